The van der Waals surface area contributed by atoms with Gasteiger partial charge in [0.25, 0.3) is 0 Å². The van der Waals surface area contributed by atoms with E-state index in [0.717, 1.165) is 5.56 Å². The highest BCUT2D eigenvalue weighted by Crippen LogP contribution is 2.22. The van der Waals surface area contributed by atoms with E-state index in [1.807, 2.05) is 6.92 Å². The van der Waals surface area contributed by atoms with E-state index in [1.54, 1.807) is 12.1 Å². The van der Waals surface area contributed by atoms with Gasteiger partial charge >= 0.3 is 0 Å². The van der Waals surface area contributed by atoms with Crippen molar-refractivity contribution in [2.45, 2.75) is 24.8 Å². The SMILES string of the molecule is Cc1ccc(S(=O)(=O)N[C@H](C)C(=O)Nc2cc(Cl)cc(Cl)c2)cc1. The molecule has 0 fully saturated rings. The fourth-order valence-corrected chi connectivity index (χ4v) is 3.68. The molecule has 2 aromatic rings. The molecule has 2 rings (SSSR count). The second-order valence-electron chi connectivity index (χ2n) is 5.30. The highest BCUT2D eigenvalue weighted by molar-refractivity contribution is 7.89. The van der Waals surface area contributed by atoms with E-state index in [-0.39, 0.29) is 4.90 Å². The molecule has 0 saturated heterocycles. The van der Waals surface area contributed by atoms with Crippen LogP contribution in [0.1, 0.15) is 12.5 Å². The third-order valence-corrected chi connectivity index (χ3v) is 5.18. The lowest BCUT2D eigenvalue weighted by atomic mass is 10.2. The maximum atomic E-state index is 12.3. The van der Waals surface area contributed by atoms with Gasteiger partial charge in [0.2, 0.25) is 15.9 Å². The standard InChI is InChI=1S/C16H16Cl2N2O3S/c1-10-3-5-15(6-4-10)24(22,23)20-11(2)16(21)19-14-8-12(17)7-13(18)9-14/h3-9,11,20H,1-2H3,(H,19,21)/t11-/m1/s1. The van der Waals surface area contributed by atoms with Crippen molar-refractivity contribution in [2.75, 3.05) is 5.32 Å². The Hall–Kier alpha value is -1.60. The topological polar surface area (TPSA) is 75.3 Å². The van der Waals surface area contributed by atoms with Crippen LogP contribution in [0.25, 0.3) is 0 Å². The lowest BCUT2D eigenvalue weighted by molar-refractivity contribution is -0.117. The summed E-state index contributed by atoms with van der Waals surface area (Å²) in [5.41, 5.74) is 1.33. The number of anilines is 1. The molecular weight excluding hydrogens is 371 g/mol. The van der Waals surface area contributed by atoms with Crippen molar-refractivity contribution in [1.82, 2.24) is 4.72 Å². The molecule has 0 heterocycles. The van der Waals surface area contributed by atoms with Gasteiger partial charge in [-0.25, -0.2) is 8.42 Å². The van der Waals surface area contributed by atoms with Crippen molar-refractivity contribution in [1.29, 1.82) is 0 Å². The van der Waals surface area contributed by atoms with E-state index in [4.69, 9.17) is 23.2 Å². The normalized spacial score (nSPS) is 12.7. The van der Waals surface area contributed by atoms with E-state index in [0.29, 0.717) is 15.7 Å². The molecule has 0 bridgehead atoms. The minimum atomic E-state index is -3.79. The van der Waals surface area contributed by atoms with E-state index in [9.17, 15) is 13.2 Å². The molecule has 8 heteroatoms. The molecular formula is C16H16Cl2N2O3S. The van der Waals surface area contributed by atoms with E-state index < -0.39 is 22.0 Å². The van der Waals surface area contributed by atoms with Crippen LogP contribution in [0, 0.1) is 6.92 Å². The molecule has 0 saturated carbocycles. The summed E-state index contributed by atoms with van der Waals surface area (Å²) in [6.07, 6.45) is 0. The fourth-order valence-electron chi connectivity index (χ4n) is 1.95. The number of hydrogen-bond donors (Lipinski definition) is 2. The van der Waals surface area contributed by atoms with Crippen molar-refractivity contribution < 1.29 is 13.2 Å². The Bertz CT molecular complexity index is 832. The van der Waals surface area contributed by atoms with Gasteiger partial charge in [0.05, 0.1) is 10.9 Å². The van der Waals surface area contributed by atoms with Gasteiger partial charge in [-0.05, 0) is 44.2 Å². The summed E-state index contributed by atoms with van der Waals surface area (Å²) >= 11 is 11.7. The molecule has 0 spiro atoms. The first-order valence-electron chi connectivity index (χ1n) is 7.03. The Kier molecular flexibility index (Phi) is 5.87. The molecule has 0 aromatic heterocycles. The van der Waals surface area contributed by atoms with Gasteiger partial charge < -0.3 is 5.32 Å². The van der Waals surface area contributed by atoms with Gasteiger partial charge in [0, 0.05) is 15.7 Å². The molecule has 0 aliphatic heterocycles. The summed E-state index contributed by atoms with van der Waals surface area (Å²) in [4.78, 5) is 12.3. The number of carbonyl (C=O) groups is 1. The number of aryl methyl sites for hydroxylation is 1. The zero-order chi connectivity index (χ0) is 17.9. The monoisotopic (exact) mass is 386 g/mol. The van der Waals surface area contributed by atoms with Crippen LogP contribution in [0.3, 0.4) is 0 Å². The van der Waals surface area contributed by atoms with Crippen molar-refractivity contribution in [3.8, 4) is 0 Å². The van der Waals surface area contributed by atoms with Crippen molar-refractivity contribution in [3.05, 3.63) is 58.1 Å². The van der Waals surface area contributed by atoms with Gasteiger partial charge in [0.15, 0.2) is 0 Å². The van der Waals surface area contributed by atoms with Crippen molar-refractivity contribution >= 4 is 44.8 Å². The summed E-state index contributed by atoms with van der Waals surface area (Å²) in [5, 5.41) is 3.30. The zero-order valence-corrected chi connectivity index (χ0v) is 15.3. The molecule has 1 atom stereocenters. The maximum absolute atomic E-state index is 12.3. The minimum absolute atomic E-state index is 0.0959. The van der Waals surface area contributed by atoms with Crippen LogP contribution < -0.4 is 10.0 Å². The molecule has 2 N–H and O–H groups in total. The molecule has 2 aromatic carbocycles. The van der Waals surface area contributed by atoms with Gasteiger partial charge in [-0.2, -0.15) is 4.72 Å². The number of benzene rings is 2. The number of nitrogens with one attached hydrogen (secondary N) is 2. The van der Waals surface area contributed by atoms with Crippen LogP contribution in [0.4, 0.5) is 5.69 Å². The quantitative estimate of drug-likeness (QED) is 0.823. The molecule has 0 radical (unpaired) electrons. The first-order chi connectivity index (χ1) is 11.2. The van der Waals surface area contributed by atoms with Crippen LogP contribution in [0.15, 0.2) is 47.4 Å². The molecule has 1 amide bonds. The first-order valence-corrected chi connectivity index (χ1v) is 9.27. The largest absolute Gasteiger partial charge is 0.325 e. The molecule has 5 nitrogen and oxygen atoms in total. The Morgan fingerprint density at radius 3 is 2.12 bits per heavy atom. The predicted molar refractivity (Wildman–Crippen MR) is 96.1 cm³/mol. The second-order valence-corrected chi connectivity index (χ2v) is 7.89. The third-order valence-electron chi connectivity index (χ3n) is 3.19. The molecule has 0 unspecified atom stereocenters. The lowest BCUT2D eigenvalue weighted by Gasteiger charge is -2.15. The zero-order valence-electron chi connectivity index (χ0n) is 13.0. The number of halogens is 2. The predicted octanol–water partition coefficient (Wildman–Crippen LogP) is 3.61. The molecule has 128 valence electrons. The van der Waals surface area contributed by atoms with Crippen molar-refractivity contribution in [3.63, 3.8) is 0 Å². The number of carbonyl (C=O) groups excluding carboxylic acids is 1. The Morgan fingerprint density at radius 2 is 1.58 bits per heavy atom. The summed E-state index contributed by atoms with van der Waals surface area (Å²) in [5.74, 6) is -0.524. The van der Waals surface area contributed by atoms with Gasteiger partial charge in [-0.3, -0.25) is 4.79 Å². The summed E-state index contributed by atoms with van der Waals surface area (Å²) in [6, 6.07) is 9.94. The highest BCUT2D eigenvalue weighted by Gasteiger charge is 2.22. The van der Waals surface area contributed by atoms with Gasteiger partial charge in [-0.15, -0.1) is 0 Å². The van der Waals surface area contributed by atoms with E-state index in [2.05, 4.69) is 10.0 Å². The summed E-state index contributed by atoms with van der Waals surface area (Å²) < 4.78 is 26.9. The van der Waals surface area contributed by atoms with Crippen molar-refractivity contribution in [2.24, 2.45) is 0 Å². The number of rotatable bonds is 5. The Morgan fingerprint density at radius 1 is 1.04 bits per heavy atom. The Balaban J connectivity index is 2.09. The lowest BCUT2D eigenvalue weighted by Crippen LogP contribution is -2.41. The van der Waals surface area contributed by atoms with Gasteiger partial charge in [0.1, 0.15) is 0 Å². The molecule has 0 aliphatic rings. The molecule has 24 heavy (non-hydrogen) atoms. The smallest absolute Gasteiger partial charge is 0.242 e. The average molecular weight is 387 g/mol. The number of sulfonamides is 1. The average Bonchev–Trinajstić information content (AvgIpc) is 2.46. The van der Waals surface area contributed by atoms with E-state index in [1.165, 1.54) is 37.3 Å². The van der Waals surface area contributed by atoms with Crippen LogP contribution in [0.2, 0.25) is 10.0 Å². The van der Waals surface area contributed by atoms with E-state index >= 15 is 0 Å². The van der Waals surface area contributed by atoms with Crippen LogP contribution in [-0.2, 0) is 14.8 Å². The third kappa shape index (κ3) is 4.95. The highest BCUT2D eigenvalue weighted by atomic mass is 35.5. The van der Waals surface area contributed by atoms with Crippen LogP contribution in [0.5, 0.6) is 0 Å². The number of hydrogen-bond acceptors (Lipinski definition) is 3. The Labute approximate surface area is 151 Å². The second kappa shape index (κ2) is 7.53. The molecule has 0 aliphatic carbocycles. The maximum Gasteiger partial charge on any atom is 0.242 e. The fraction of sp³-hybridized carbons (Fsp3) is 0.188. The van der Waals surface area contributed by atoms with Gasteiger partial charge in [-0.1, -0.05) is 40.9 Å². The summed E-state index contributed by atoms with van der Waals surface area (Å²) in [7, 11) is -3.79. The summed E-state index contributed by atoms with van der Waals surface area (Å²) in [6.45, 7) is 3.31. The van der Waals surface area contributed by atoms with Crippen LogP contribution >= 0.6 is 23.2 Å². The minimum Gasteiger partial charge on any atom is -0.325 e. The first kappa shape index (κ1) is 18.7. The number of amides is 1. The van der Waals surface area contributed by atoms with Crippen LogP contribution in [-0.4, -0.2) is 20.4 Å².